The number of fused-ring (bicyclic) bond motifs is 1. The maximum Gasteiger partial charge on any atom is 0.404 e. The fourth-order valence-electron chi connectivity index (χ4n) is 15.5. The van der Waals surface area contributed by atoms with Gasteiger partial charge in [-0.05, 0) is 186 Å². The minimum atomic E-state index is -3.69. The van der Waals surface area contributed by atoms with E-state index >= 15 is 0 Å². The van der Waals surface area contributed by atoms with Gasteiger partial charge < -0.3 is 25.8 Å². The van der Waals surface area contributed by atoms with Gasteiger partial charge in [-0.3, -0.25) is 24.6 Å². The zero-order chi connectivity index (χ0) is 87.8. The first-order chi connectivity index (χ1) is 62.3. The third-order valence-electron chi connectivity index (χ3n) is 21.9. The Kier molecular flexibility index (Phi) is 35.3. The number of H-pyrrole nitrogens is 2. The van der Waals surface area contributed by atoms with Gasteiger partial charge in [0.2, 0.25) is 21.8 Å². The van der Waals surface area contributed by atoms with E-state index in [9.17, 15) is 27.6 Å². The van der Waals surface area contributed by atoms with Gasteiger partial charge >= 0.3 is 6.09 Å². The van der Waals surface area contributed by atoms with Crippen molar-refractivity contribution in [1.82, 2.24) is 25.1 Å². The topological polar surface area (TPSA) is 203 Å². The van der Waals surface area contributed by atoms with E-state index in [1.165, 1.54) is 68.0 Å². The van der Waals surface area contributed by atoms with E-state index in [4.69, 9.17) is 9.84 Å². The van der Waals surface area contributed by atoms with Crippen LogP contribution in [0.25, 0.3) is 22.0 Å². The van der Waals surface area contributed by atoms with Crippen LogP contribution >= 0.6 is 31.7 Å². The van der Waals surface area contributed by atoms with Crippen molar-refractivity contribution < 1.29 is 53.1 Å². The Morgan fingerprint density at radius 1 is 0.422 bits per heavy atom. The third kappa shape index (κ3) is 26.2. The van der Waals surface area contributed by atoms with Gasteiger partial charge in [-0.15, -0.1) is 0 Å². The molecule has 2 fully saturated rings. The van der Waals surface area contributed by atoms with Crippen molar-refractivity contribution in [1.29, 1.82) is 0 Å². The fraction of sp³-hybridized carbons (Fsp3) is 0.130. The van der Waals surface area contributed by atoms with Crippen LogP contribution in [0.2, 0.25) is 0 Å². The number of benzene rings is 15. The van der Waals surface area contributed by atoms with Crippen LogP contribution in [-0.4, -0.2) is 84.8 Å². The molecule has 1 aliphatic carbocycles. The quantitative estimate of drug-likeness (QED) is 0.0268. The number of carboxylic acid groups (broad SMARTS) is 1. The molecule has 0 bridgehead atoms. The zero-order valence-corrected chi connectivity index (χ0v) is 76.9. The van der Waals surface area contributed by atoms with Gasteiger partial charge in [-0.1, -0.05) is 394 Å². The van der Waals surface area contributed by atoms with Gasteiger partial charge in [0.05, 0.1) is 29.0 Å². The van der Waals surface area contributed by atoms with Gasteiger partial charge in [0.25, 0.3) is 5.56 Å². The van der Waals surface area contributed by atoms with Crippen LogP contribution in [0, 0.1) is 18.8 Å². The number of aryl methyl sites for hydroxylation is 1. The van der Waals surface area contributed by atoms with Crippen molar-refractivity contribution in [2.24, 2.45) is 11.8 Å². The smallest absolute Gasteiger partial charge is 0.404 e. The third-order valence-corrected chi connectivity index (χ3v) is 33.6. The van der Waals surface area contributed by atoms with Crippen LogP contribution in [0.1, 0.15) is 36.8 Å². The summed E-state index contributed by atoms with van der Waals surface area (Å²) in [6.07, 6.45) is 1.67. The molecule has 1 saturated heterocycles. The predicted molar refractivity (Wildman–Crippen MR) is 531 cm³/mol. The number of carbonyl (C=O) groups is 3. The number of sulfonamides is 1. The predicted octanol–water partition coefficient (Wildman–Crippen LogP) is 17.4. The molecule has 2 aliphatic rings. The number of carbonyl (C=O) groups excluding carboxylic acids is 2. The number of nitrogens with zero attached hydrogens (tertiary/aromatic N) is 1. The van der Waals surface area contributed by atoms with Crippen LogP contribution < -0.4 is 85.2 Å². The molecule has 14 nitrogen and oxygen atoms in total. The monoisotopic (exact) mass is 1870 g/mol. The first-order valence-electron chi connectivity index (χ1n) is 42.7. The largest absolute Gasteiger partial charge is 0.465 e. The normalized spacial score (nSPS) is 13.8. The molecule has 15 aromatic carbocycles. The summed E-state index contributed by atoms with van der Waals surface area (Å²) in [5, 5.41) is 39.7. The van der Waals surface area contributed by atoms with E-state index < -0.39 is 59.8 Å². The second-order valence-corrected chi connectivity index (χ2v) is 41.4. The van der Waals surface area contributed by atoms with Gasteiger partial charge in [-0.2, -0.15) is 4.31 Å². The average Bonchev–Trinajstić information content (AvgIpc) is 0.919. The van der Waals surface area contributed by atoms with Crippen LogP contribution in [0.3, 0.4) is 0 Å². The van der Waals surface area contributed by atoms with E-state index in [1.54, 1.807) is 36.4 Å². The number of rotatable bonds is 23. The summed E-state index contributed by atoms with van der Waals surface area (Å²) in [6.45, 7) is 3.58. The molecule has 3 amide bonds. The Balaban J connectivity index is 0.000000150. The Labute approximate surface area is 769 Å². The summed E-state index contributed by atoms with van der Waals surface area (Å²) in [4.78, 5) is 50.3. The maximum absolute atomic E-state index is 13.7. The fourth-order valence-corrected chi connectivity index (χ4v) is 26.1. The molecule has 648 valence electrons. The molecule has 128 heavy (non-hydrogen) atoms. The Hall–Kier alpha value is -12.0. The SMILES string of the molecule is Cc1ccc(S(=O)(=O)N2CCOCC2)cc1-c1ccc(C[C@H](NC(=O)[C@H]2CC[C@H](CNC(=O)O)CC2)C(=O)Nc2ccc3c(=O)[nH][nH]c3c2)cc1.[Pd].c1ccc(P(c2ccccc2)c2ccccc2)cc1.c1ccc(P(c2ccccc2)c2ccccc2)cc1.c1ccc(P(c2ccccc2)c2ccccc2)cc1.c1ccc(P(c2ccccc2)c2ccccc2)cc1. The number of hydrogen-bond donors (Lipinski definition) is 6. The van der Waals surface area contributed by atoms with Crippen LogP contribution in [0.4, 0.5) is 10.5 Å². The Morgan fingerprint density at radius 2 is 0.750 bits per heavy atom. The number of ether oxygens (including phenoxy) is 1. The molecule has 2 heterocycles. The zero-order valence-electron chi connectivity index (χ0n) is 71.0. The van der Waals surface area contributed by atoms with Crippen molar-refractivity contribution >= 4 is 140 Å². The van der Waals surface area contributed by atoms with E-state index in [0.29, 0.717) is 75.1 Å². The second kappa shape index (κ2) is 48.3. The molecule has 20 heteroatoms. The number of aromatic amines is 2. The molecule has 1 atom stereocenters. The number of anilines is 1. The van der Waals surface area contributed by atoms with Gasteiger partial charge in [-0.25, -0.2) is 13.2 Å². The summed E-state index contributed by atoms with van der Waals surface area (Å²) in [5.41, 5.74) is 3.97. The summed E-state index contributed by atoms with van der Waals surface area (Å²) in [6, 6.07) is 146. The number of nitrogens with one attached hydrogen (secondary N) is 5. The minimum absolute atomic E-state index is 0. The number of amides is 3. The van der Waals surface area contributed by atoms with E-state index in [2.05, 4.69) is 390 Å². The molecule has 0 radical (unpaired) electrons. The molecular formula is C108H102N6O8P4PdS. The van der Waals surface area contributed by atoms with Crippen molar-refractivity contribution in [3.05, 3.63) is 446 Å². The number of hydrogen-bond acceptors (Lipinski definition) is 7. The molecule has 16 aromatic rings. The maximum atomic E-state index is 13.7. The van der Waals surface area contributed by atoms with Crippen molar-refractivity contribution in [3.8, 4) is 11.1 Å². The van der Waals surface area contributed by atoms with Crippen molar-refractivity contribution in [2.45, 2.75) is 50.0 Å². The first kappa shape index (κ1) is 93.7. The van der Waals surface area contributed by atoms with Crippen LogP contribution in [-0.2, 0) is 51.2 Å². The van der Waals surface area contributed by atoms with E-state index in [1.807, 2.05) is 31.2 Å². The summed E-state index contributed by atoms with van der Waals surface area (Å²) < 4.78 is 33.5. The average molecular weight is 1870 g/mol. The minimum Gasteiger partial charge on any atom is -0.465 e. The molecule has 18 rings (SSSR count). The van der Waals surface area contributed by atoms with Gasteiger partial charge in [0.15, 0.2) is 0 Å². The molecule has 6 N–H and O–H groups in total. The van der Waals surface area contributed by atoms with Gasteiger partial charge in [0, 0.05) is 58.1 Å². The Bertz CT molecular complexity index is 5410. The van der Waals surface area contributed by atoms with Crippen LogP contribution in [0.15, 0.2) is 434 Å². The standard InChI is InChI=1S/C36H42N6O8S.4C18H15P.Pd/c1-22-2-12-28(51(48,49)42-14-16-50-17-15-42)20-30(22)25-7-3-23(4-8-25)18-32(35(45)38-27-11-13-29-31(19-27)40-41-34(29)44)39-33(43)26-9-5-24(6-10-26)21-37-36(46)47;4*1-4-10-16(11-5-1)19(17-12-6-2-7-13-17)18-14-8-3-9-15-18;/h2-4,7-8,11-13,19-20,24,26,32,37H,5-6,9-10,14-18,21H2,1H3,(H,38,45)(H,39,43)(H,46,47)(H2,40,41,44);4*1-15H;/t24-,26-,32-;;;;;/m0...../s1. The molecule has 0 spiro atoms. The van der Waals surface area contributed by atoms with E-state index in [0.717, 1.165) is 22.3 Å². The molecule has 1 aliphatic heterocycles. The molecule has 0 unspecified atom stereocenters. The van der Waals surface area contributed by atoms with Gasteiger partial charge in [0.1, 0.15) is 6.04 Å². The second-order valence-electron chi connectivity index (χ2n) is 30.6. The molecule has 1 saturated carbocycles. The summed E-state index contributed by atoms with van der Waals surface area (Å²) >= 11 is 0. The Morgan fingerprint density at radius 3 is 1.07 bits per heavy atom. The van der Waals surface area contributed by atoms with Crippen molar-refractivity contribution in [2.75, 3.05) is 38.2 Å². The van der Waals surface area contributed by atoms with E-state index in [-0.39, 0.29) is 55.0 Å². The summed E-state index contributed by atoms with van der Waals surface area (Å²) in [5.74, 6) is -0.827. The molecular weight excluding hydrogens is 1770 g/mol. The van der Waals surface area contributed by atoms with Crippen LogP contribution in [0.5, 0.6) is 0 Å². The molecule has 1 aromatic heterocycles. The number of morpholine rings is 1. The first-order valence-corrected chi connectivity index (χ1v) is 49.5. The van der Waals surface area contributed by atoms with Crippen molar-refractivity contribution in [3.63, 3.8) is 0 Å². The summed E-state index contributed by atoms with van der Waals surface area (Å²) in [7, 11) is -5.47. The number of aromatic nitrogens is 2.